The van der Waals surface area contributed by atoms with Gasteiger partial charge in [-0.15, -0.1) is 0 Å². The molecule has 4 N–H and O–H groups in total. The number of hydrogen-bond donors (Lipinski definition) is 3. The van der Waals surface area contributed by atoms with E-state index in [-0.39, 0.29) is 25.0 Å². The van der Waals surface area contributed by atoms with Crippen molar-refractivity contribution in [2.24, 2.45) is 0 Å². The number of imide groups is 1. The van der Waals surface area contributed by atoms with E-state index in [9.17, 15) is 9.59 Å². The molecule has 0 aliphatic heterocycles. The highest BCUT2D eigenvalue weighted by Gasteiger charge is 2.19. The summed E-state index contributed by atoms with van der Waals surface area (Å²) in [6.45, 7) is 0.356. The Hall–Kier alpha value is -3.38. The van der Waals surface area contributed by atoms with Gasteiger partial charge < -0.3 is 15.1 Å². The van der Waals surface area contributed by atoms with Crippen LogP contribution in [0.1, 0.15) is 22.9 Å². The smallest absolute Gasteiger partial charge is 0.321 e. The number of nitrogens with two attached hydrogens (primary N) is 1. The Morgan fingerprint density at radius 3 is 2.07 bits per heavy atom. The number of rotatable bonds is 7. The molecule has 0 bridgehead atoms. The molecule has 3 rings (SSSR count). The molecule has 138 valence electrons. The van der Waals surface area contributed by atoms with Crippen LogP contribution in [-0.4, -0.2) is 18.5 Å². The summed E-state index contributed by atoms with van der Waals surface area (Å²) >= 11 is 0. The summed E-state index contributed by atoms with van der Waals surface area (Å²) in [7, 11) is 0. The van der Waals surface area contributed by atoms with Crippen molar-refractivity contribution in [3.8, 4) is 0 Å². The van der Waals surface area contributed by atoms with Crippen molar-refractivity contribution in [3.63, 3.8) is 0 Å². The monoisotopic (exact) mass is 364 g/mol. The minimum atomic E-state index is -0.541. The lowest BCUT2D eigenvalue weighted by Crippen LogP contribution is -2.88. The van der Waals surface area contributed by atoms with Gasteiger partial charge in [-0.05, 0) is 12.1 Å². The Balaban J connectivity index is 1.55. The van der Waals surface area contributed by atoms with E-state index >= 15 is 0 Å². The predicted octanol–water partition coefficient (Wildman–Crippen LogP) is 1.96. The number of carbonyl (C=O) groups excluding carboxylic acids is 2. The number of furan rings is 1. The van der Waals surface area contributed by atoms with Gasteiger partial charge in [0.25, 0.3) is 5.91 Å². The van der Waals surface area contributed by atoms with Crippen molar-refractivity contribution < 1.29 is 19.3 Å². The van der Waals surface area contributed by atoms with Crippen molar-refractivity contribution in [1.82, 2.24) is 10.6 Å². The molecule has 1 heterocycles. The van der Waals surface area contributed by atoms with Crippen LogP contribution in [0.3, 0.4) is 0 Å². The topological polar surface area (TPSA) is 88.0 Å². The van der Waals surface area contributed by atoms with Gasteiger partial charge in [-0.3, -0.25) is 10.1 Å². The number of nitrogens with one attached hydrogen (secondary N) is 2. The fourth-order valence-corrected chi connectivity index (χ4v) is 2.81. The zero-order valence-corrected chi connectivity index (χ0v) is 14.8. The molecular weight excluding hydrogens is 342 g/mol. The van der Waals surface area contributed by atoms with E-state index < -0.39 is 6.03 Å². The van der Waals surface area contributed by atoms with Crippen molar-refractivity contribution in [1.29, 1.82) is 0 Å². The Bertz CT molecular complexity index is 809. The zero-order valence-electron chi connectivity index (χ0n) is 14.8. The SMILES string of the molecule is O=C(C[NH2+]C(c1ccccc1)c1ccccc1)NC(=O)NCc1ccco1. The number of urea groups is 1. The maximum atomic E-state index is 12.2. The van der Waals surface area contributed by atoms with E-state index in [0.29, 0.717) is 5.76 Å². The van der Waals surface area contributed by atoms with E-state index in [1.807, 2.05) is 66.0 Å². The second kappa shape index (κ2) is 9.35. The average Bonchev–Trinajstić information content (AvgIpc) is 3.22. The molecule has 0 saturated heterocycles. The molecule has 0 aliphatic rings. The van der Waals surface area contributed by atoms with Gasteiger partial charge in [0.2, 0.25) is 0 Å². The summed E-state index contributed by atoms with van der Waals surface area (Å²) in [5, 5.41) is 6.84. The summed E-state index contributed by atoms with van der Waals surface area (Å²) in [6.07, 6.45) is 1.53. The third-order valence-electron chi connectivity index (χ3n) is 4.11. The normalized spacial score (nSPS) is 10.6. The van der Waals surface area contributed by atoms with Gasteiger partial charge in [0, 0.05) is 11.1 Å². The van der Waals surface area contributed by atoms with Gasteiger partial charge in [-0.2, -0.15) is 0 Å². The Morgan fingerprint density at radius 1 is 0.889 bits per heavy atom. The lowest BCUT2D eigenvalue weighted by atomic mass is 9.99. The number of carbonyl (C=O) groups is 2. The predicted molar refractivity (Wildman–Crippen MR) is 101 cm³/mol. The first-order valence-corrected chi connectivity index (χ1v) is 8.75. The Labute approximate surface area is 157 Å². The lowest BCUT2D eigenvalue weighted by Gasteiger charge is -2.16. The van der Waals surface area contributed by atoms with Gasteiger partial charge >= 0.3 is 6.03 Å². The lowest BCUT2D eigenvalue weighted by molar-refractivity contribution is -0.676. The molecule has 6 heteroatoms. The van der Waals surface area contributed by atoms with Gasteiger partial charge in [0.05, 0.1) is 12.8 Å². The second-order valence-electron chi connectivity index (χ2n) is 6.05. The largest absolute Gasteiger partial charge is 0.467 e. The summed E-state index contributed by atoms with van der Waals surface area (Å²) in [6, 6.07) is 22.9. The molecule has 6 nitrogen and oxygen atoms in total. The van der Waals surface area contributed by atoms with Crippen LogP contribution in [-0.2, 0) is 11.3 Å². The summed E-state index contributed by atoms with van der Waals surface area (Å²) in [4.78, 5) is 24.0. The number of quaternary nitrogens is 1. The Kier molecular flexibility index (Phi) is 6.38. The highest BCUT2D eigenvalue weighted by Crippen LogP contribution is 2.17. The molecule has 2 aromatic carbocycles. The second-order valence-corrected chi connectivity index (χ2v) is 6.05. The summed E-state index contributed by atoms with van der Waals surface area (Å²) < 4.78 is 5.13. The highest BCUT2D eigenvalue weighted by molar-refractivity contribution is 5.94. The van der Waals surface area contributed by atoms with Crippen LogP contribution in [0.5, 0.6) is 0 Å². The molecule has 0 aliphatic carbocycles. The van der Waals surface area contributed by atoms with Crippen LogP contribution in [0, 0.1) is 0 Å². The quantitative estimate of drug-likeness (QED) is 0.599. The third-order valence-corrected chi connectivity index (χ3v) is 4.11. The third kappa shape index (κ3) is 5.55. The molecule has 27 heavy (non-hydrogen) atoms. The standard InChI is InChI=1S/C21H21N3O3/c25-19(24-21(26)23-14-18-12-7-13-27-18)15-22-20(16-8-3-1-4-9-16)17-10-5-2-6-11-17/h1-13,20,22H,14-15H2,(H2,23,24,25,26)/p+1. The maximum Gasteiger partial charge on any atom is 0.321 e. The van der Waals surface area contributed by atoms with Crippen LogP contribution < -0.4 is 16.0 Å². The van der Waals surface area contributed by atoms with Crippen LogP contribution >= 0.6 is 0 Å². The fraction of sp³-hybridized carbons (Fsp3) is 0.143. The van der Waals surface area contributed by atoms with Crippen LogP contribution in [0.25, 0.3) is 0 Å². The Morgan fingerprint density at radius 2 is 1.52 bits per heavy atom. The molecule has 3 aromatic rings. The average molecular weight is 364 g/mol. The van der Waals surface area contributed by atoms with Crippen molar-refractivity contribution in [2.75, 3.05) is 6.54 Å². The number of hydrogen-bond acceptors (Lipinski definition) is 3. The highest BCUT2D eigenvalue weighted by atomic mass is 16.3. The molecule has 0 saturated carbocycles. The van der Waals surface area contributed by atoms with Crippen LogP contribution in [0.15, 0.2) is 83.5 Å². The molecule has 3 amide bonds. The van der Waals surface area contributed by atoms with Crippen LogP contribution in [0.2, 0.25) is 0 Å². The first-order valence-electron chi connectivity index (χ1n) is 8.75. The molecule has 0 atom stereocenters. The van der Waals surface area contributed by atoms with Crippen LogP contribution in [0.4, 0.5) is 4.79 Å². The molecule has 0 radical (unpaired) electrons. The fourth-order valence-electron chi connectivity index (χ4n) is 2.81. The number of benzene rings is 2. The van der Waals surface area contributed by atoms with Gasteiger partial charge in [-0.25, -0.2) is 4.79 Å². The summed E-state index contributed by atoms with van der Waals surface area (Å²) in [5.41, 5.74) is 2.19. The van der Waals surface area contributed by atoms with Gasteiger partial charge in [0.15, 0.2) is 6.54 Å². The van der Waals surface area contributed by atoms with E-state index in [1.165, 1.54) is 6.26 Å². The van der Waals surface area contributed by atoms with Crippen molar-refractivity contribution in [3.05, 3.63) is 95.9 Å². The van der Waals surface area contributed by atoms with Gasteiger partial charge in [-0.1, -0.05) is 60.7 Å². The van der Waals surface area contributed by atoms with Crippen molar-refractivity contribution >= 4 is 11.9 Å². The summed E-state index contributed by atoms with van der Waals surface area (Å²) in [5.74, 6) is 0.265. The molecular formula is C21H22N3O3+. The van der Waals surface area contributed by atoms with Gasteiger partial charge in [0.1, 0.15) is 11.8 Å². The number of amides is 3. The maximum absolute atomic E-state index is 12.2. The molecule has 0 fully saturated rings. The van der Waals surface area contributed by atoms with E-state index in [1.54, 1.807) is 12.1 Å². The minimum Gasteiger partial charge on any atom is -0.467 e. The first-order chi connectivity index (χ1) is 13.2. The van der Waals surface area contributed by atoms with E-state index in [0.717, 1.165) is 11.1 Å². The molecule has 0 unspecified atom stereocenters. The first kappa shape index (κ1) is 18.4. The zero-order chi connectivity index (χ0) is 18.9. The minimum absolute atomic E-state index is 0.0238. The molecule has 1 aromatic heterocycles. The van der Waals surface area contributed by atoms with E-state index in [2.05, 4.69) is 10.6 Å². The van der Waals surface area contributed by atoms with Crippen molar-refractivity contribution in [2.45, 2.75) is 12.6 Å². The van der Waals surface area contributed by atoms with E-state index in [4.69, 9.17) is 4.42 Å². The molecule has 0 spiro atoms.